The number of rotatable bonds is 31. The second kappa shape index (κ2) is 27.4. The zero-order valence-electron chi connectivity index (χ0n) is 44.1. The van der Waals surface area contributed by atoms with Crippen LogP contribution in [-0.4, -0.2) is 86.4 Å². The first-order valence-electron chi connectivity index (χ1n) is 27.4. The third kappa shape index (κ3) is 14.7. The van der Waals surface area contributed by atoms with Crippen molar-refractivity contribution < 1.29 is 37.9 Å². The van der Waals surface area contributed by atoms with E-state index >= 15 is 0 Å². The molecule has 10 heteroatoms. The second-order valence-electron chi connectivity index (χ2n) is 20.7. The van der Waals surface area contributed by atoms with Crippen molar-refractivity contribution >= 4 is 17.1 Å². The van der Waals surface area contributed by atoms with E-state index in [4.69, 9.17) is 37.9 Å². The summed E-state index contributed by atoms with van der Waals surface area (Å²) in [5.74, 6) is 3.09. The van der Waals surface area contributed by atoms with Gasteiger partial charge in [-0.1, -0.05) is 57.0 Å². The first-order chi connectivity index (χ1) is 35.4. The molecule has 8 rings (SSSR count). The van der Waals surface area contributed by atoms with Crippen molar-refractivity contribution in [2.75, 3.05) is 90.1 Å². The van der Waals surface area contributed by atoms with Crippen LogP contribution >= 0.6 is 0 Å². The zero-order valence-corrected chi connectivity index (χ0v) is 44.1. The standard InChI is InChI=1S/C62H84N2O8/c1-5-61(45-69-46-61)43-67-39-11-7-9-13-41-71-59-35-27-55(28-36-59)63(53-23-31-57(65-3)32-24-53)51-19-15-49(16-20-51)50-17-21-52(22-18-50)64(54-25-33-58(66-4)34-26-54)56-29-37-60(38-30-56)72-42-14-10-8-12-40-68-44-62(6-2)47-70-48-62/h15-17,19-23,25-27,29-30,33-35,37-38,50,57H,5-14,18,24,28,31-32,36,39-48H2,1-4H3. The molecule has 2 unspecified atom stereocenters. The predicted molar refractivity (Wildman–Crippen MR) is 290 cm³/mol. The Bertz CT molecular complexity index is 2250. The molecule has 2 fully saturated rings. The van der Waals surface area contributed by atoms with Crippen molar-refractivity contribution in [3.05, 3.63) is 138 Å². The fourth-order valence-electron chi connectivity index (χ4n) is 10.3. The molecule has 0 radical (unpaired) electrons. The van der Waals surface area contributed by atoms with E-state index < -0.39 is 0 Å². The minimum absolute atomic E-state index is 0.263. The summed E-state index contributed by atoms with van der Waals surface area (Å²) in [5, 5.41) is 0. The number of hydrogen-bond donors (Lipinski definition) is 0. The van der Waals surface area contributed by atoms with Crippen LogP contribution in [0.3, 0.4) is 0 Å². The minimum atomic E-state index is 0.263. The van der Waals surface area contributed by atoms with E-state index in [2.05, 4.69) is 121 Å². The number of nitrogens with zero attached hydrogens (tertiary/aromatic N) is 2. The van der Waals surface area contributed by atoms with Gasteiger partial charge in [-0.2, -0.15) is 0 Å². The van der Waals surface area contributed by atoms with Gasteiger partial charge in [0.15, 0.2) is 0 Å². The zero-order chi connectivity index (χ0) is 49.9. The van der Waals surface area contributed by atoms with Gasteiger partial charge in [0, 0.05) is 77.6 Å². The van der Waals surface area contributed by atoms with Crippen molar-refractivity contribution in [2.45, 2.75) is 129 Å². The lowest BCUT2D eigenvalue weighted by molar-refractivity contribution is -0.150. The summed E-state index contributed by atoms with van der Waals surface area (Å²) >= 11 is 0. The third-order valence-electron chi connectivity index (χ3n) is 15.6. The molecule has 72 heavy (non-hydrogen) atoms. The topological polar surface area (TPSA) is 80.3 Å². The van der Waals surface area contributed by atoms with Crippen LogP contribution in [0.15, 0.2) is 132 Å². The molecule has 2 aliphatic heterocycles. The molecule has 390 valence electrons. The molecular weight excluding hydrogens is 901 g/mol. The Hall–Kier alpha value is -4.84. The molecule has 10 nitrogen and oxygen atoms in total. The monoisotopic (exact) mass is 985 g/mol. The molecule has 0 aromatic heterocycles. The highest BCUT2D eigenvalue weighted by Gasteiger charge is 2.38. The van der Waals surface area contributed by atoms with Crippen molar-refractivity contribution in [2.24, 2.45) is 10.8 Å². The van der Waals surface area contributed by atoms with Gasteiger partial charge in [-0.05, 0) is 168 Å². The van der Waals surface area contributed by atoms with E-state index in [1.54, 1.807) is 7.11 Å². The molecule has 2 atom stereocenters. The van der Waals surface area contributed by atoms with Gasteiger partial charge in [-0.3, -0.25) is 0 Å². The molecule has 2 heterocycles. The van der Waals surface area contributed by atoms with Crippen molar-refractivity contribution in [1.82, 2.24) is 0 Å². The minimum Gasteiger partial charge on any atom is -0.498 e. The number of ether oxygens (including phenoxy) is 8. The quantitative estimate of drug-likeness (QED) is 0.0582. The average molecular weight is 985 g/mol. The van der Waals surface area contributed by atoms with E-state index in [0.717, 1.165) is 190 Å². The van der Waals surface area contributed by atoms with Crippen LogP contribution in [0.5, 0.6) is 11.5 Å². The van der Waals surface area contributed by atoms with Crippen molar-refractivity contribution in [1.29, 1.82) is 0 Å². The van der Waals surface area contributed by atoms with Gasteiger partial charge in [0.2, 0.25) is 0 Å². The molecule has 5 aliphatic rings. The Morgan fingerprint density at radius 2 is 1.12 bits per heavy atom. The first-order valence-corrected chi connectivity index (χ1v) is 27.4. The van der Waals surface area contributed by atoms with Gasteiger partial charge in [0.1, 0.15) is 11.5 Å². The highest BCUT2D eigenvalue weighted by atomic mass is 16.5. The van der Waals surface area contributed by atoms with Crippen LogP contribution in [0.1, 0.15) is 128 Å². The van der Waals surface area contributed by atoms with Gasteiger partial charge < -0.3 is 47.7 Å². The molecule has 3 aliphatic carbocycles. The van der Waals surface area contributed by atoms with Crippen molar-refractivity contribution in [3.8, 4) is 11.5 Å². The fraction of sp³-hybridized carbons (Fsp3) is 0.548. The Labute approximate surface area is 432 Å². The highest BCUT2D eigenvalue weighted by Crippen LogP contribution is 2.40. The Morgan fingerprint density at radius 3 is 1.61 bits per heavy atom. The Balaban J connectivity index is 0.838. The predicted octanol–water partition coefficient (Wildman–Crippen LogP) is 14.3. The molecule has 0 saturated carbocycles. The lowest BCUT2D eigenvalue weighted by Gasteiger charge is -2.40. The maximum absolute atomic E-state index is 6.30. The summed E-state index contributed by atoms with van der Waals surface area (Å²) in [5.41, 5.74) is 9.01. The molecule has 2 saturated heterocycles. The number of anilines is 3. The van der Waals surface area contributed by atoms with Crippen LogP contribution in [-0.2, 0) is 28.4 Å². The lowest BCUT2D eigenvalue weighted by Crippen LogP contribution is -2.45. The molecule has 0 N–H and O–H groups in total. The molecule has 3 aromatic carbocycles. The van der Waals surface area contributed by atoms with Gasteiger partial charge in [-0.25, -0.2) is 0 Å². The SMILES string of the molecule is CCC1(COCCCCCCOC2=CC=C(N(C3=CCC(OC)CC3)c3ccc(C4C=CC(N(c5ccc(OC)cc5)c5ccc(OCCCCCCOCC6(CC)COC6)cc5)=CC4)cc3)CC2)COC1. The number of benzene rings is 3. The molecule has 0 spiro atoms. The maximum Gasteiger partial charge on any atom is 0.119 e. The summed E-state index contributed by atoms with van der Waals surface area (Å²) < 4.78 is 46.6. The summed E-state index contributed by atoms with van der Waals surface area (Å²) in [7, 11) is 3.54. The summed E-state index contributed by atoms with van der Waals surface area (Å²) in [6.45, 7) is 12.6. The van der Waals surface area contributed by atoms with Gasteiger partial charge in [0.25, 0.3) is 0 Å². The first kappa shape index (κ1) is 53.5. The lowest BCUT2D eigenvalue weighted by atomic mass is 9.84. The van der Waals surface area contributed by atoms with E-state index in [1.807, 2.05) is 19.2 Å². The van der Waals surface area contributed by atoms with E-state index in [9.17, 15) is 0 Å². The van der Waals surface area contributed by atoms with Crippen LogP contribution < -0.4 is 19.3 Å². The van der Waals surface area contributed by atoms with Crippen LogP contribution in [0.4, 0.5) is 17.1 Å². The average Bonchev–Trinajstić information content (AvgIpc) is 3.40. The Kier molecular flexibility index (Phi) is 20.4. The molecule has 0 amide bonds. The van der Waals surface area contributed by atoms with Crippen LogP contribution in [0, 0.1) is 10.8 Å². The third-order valence-corrected chi connectivity index (χ3v) is 15.6. The van der Waals surface area contributed by atoms with Gasteiger partial charge in [-0.15, -0.1) is 0 Å². The fourth-order valence-corrected chi connectivity index (χ4v) is 10.3. The number of methoxy groups -OCH3 is 2. The molecule has 3 aromatic rings. The van der Waals surface area contributed by atoms with E-state index in [-0.39, 0.29) is 22.9 Å². The number of allylic oxidation sites excluding steroid dienone is 8. The molecular formula is C62H84N2O8. The van der Waals surface area contributed by atoms with Crippen LogP contribution in [0.25, 0.3) is 0 Å². The summed E-state index contributed by atoms with van der Waals surface area (Å²) in [4.78, 5) is 4.82. The van der Waals surface area contributed by atoms with Crippen molar-refractivity contribution in [3.63, 3.8) is 0 Å². The Morgan fingerprint density at radius 1 is 0.556 bits per heavy atom. The highest BCUT2D eigenvalue weighted by molar-refractivity contribution is 5.71. The number of hydrogen-bond acceptors (Lipinski definition) is 10. The second-order valence-corrected chi connectivity index (χ2v) is 20.7. The normalized spacial score (nSPS) is 20.0. The maximum atomic E-state index is 6.30. The van der Waals surface area contributed by atoms with E-state index in [1.165, 1.54) is 29.1 Å². The smallest absolute Gasteiger partial charge is 0.119 e. The number of unbranched alkanes of at least 4 members (excludes halogenated alkanes) is 6. The summed E-state index contributed by atoms with van der Waals surface area (Å²) in [6.07, 6.45) is 31.0. The van der Waals surface area contributed by atoms with Crippen LogP contribution in [0.2, 0.25) is 0 Å². The van der Waals surface area contributed by atoms with E-state index in [0.29, 0.717) is 6.61 Å². The largest absolute Gasteiger partial charge is 0.498 e. The molecule has 0 bridgehead atoms. The van der Waals surface area contributed by atoms with Gasteiger partial charge >= 0.3 is 0 Å². The summed E-state index contributed by atoms with van der Waals surface area (Å²) in [6, 6.07) is 26.1. The van der Waals surface area contributed by atoms with Gasteiger partial charge in [0.05, 0.1) is 71.8 Å².